The second-order valence-corrected chi connectivity index (χ2v) is 6.88. The van der Waals surface area contributed by atoms with Crippen LogP contribution in [0.2, 0.25) is 0 Å². The predicted molar refractivity (Wildman–Crippen MR) is 67.1 cm³/mol. The van der Waals surface area contributed by atoms with Gasteiger partial charge >= 0.3 is 0 Å². The predicted octanol–water partition coefficient (Wildman–Crippen LogP) is 2.15. The first kappa shape index (κ1) is 12.6. The van der Waals surface area contributed by atoms with Crippen LogP contribution in [0.1, 0.15) is 38.5 Å². The summed E-state index contributed by atoms with van der Waals surface area (Å²) in [6, 6.07) is 0. The van der Waals surface area contributed by atoms with Gasteiger partial charge in [-0.2, -0.15) is 0 Å². The minimum atomic E-state index is -3.47. The number of H-pyrrole nitrogens is 1. The average Bonchev–Trinajstić information content (AvgIpc) is 2.52. The maximum absolute atomic E-state index is 12.3. The van der Waals surface area contributed by atoms with Crippen LogP contribution in [-0.4, -0.2) is 27.7 Å². The molecule has 5 nitrogen and oxygen atoms in total. The summed E-state index contributed by atoms with van der Waals surface area (Å²) in [5.74, 6) is -0.216. The summed E-state index contributed by atoms with van der Waals surface area (Å²) >= 11 is 4.89. The molecule has 0 aromatic carbocycles. The largest absolute Gasteiger partial charge is 0.493 e. The SMILES string of the molecule is O=S(=O)(C1CCCCCC1)n1cc(O)[nH]c1=S. The minimum Gasteiger partial charge on any atom is -0.493 e. The van der Waals surface area contributed by atoms with Gasteiger partial charge in [0.05, 0.1) is 11.4 Å². The summed E-state index contributed by atoms with van der Waals surface area (Å²) in [6.07, 6.45) is 6.56. The fourth-order valence-corrected chi connectivity index (χ4v) is 4.50. The number of rotatable bonds is 2. The van der Waals surface area contributed by atoms with Crippen molar-refractivity contribution in [2.24, 2.45) is 0 Å². The standard InChI is InChI=1S/C10H16N2O3S2/c13-9-7-12(10(16)11-9)17(14,15)8-5-3-1-2-4-6-8/h7-8,13H,1-6H2,(H,11,16). The smallest absolute Gasteiger partial charge is 0.243 e. The van der Waals surface area contributed by atoms with Crippen LogP contribution in [0.25, 0.3) is 0 Å². The monoisotopic (exact) mass is 276 g/mol. The quantitative estimate of drug-likeness (QED) is 0.641. The average molecular weight is 276 g/mol. The molecule has 0 amide bonds. The van der Waals surface area contributed by atoms with Crippen LogP contribution in [0, 0.1) is 4.77 Å². The second-order valence-electron chi connectivity index (χ2n) is 4.40. The lowest BCUT2D eigenvalue weighted by Crippen LogP contribution is -2.26. The molecule has 0 atom stereocenters. The molecule has 1 aliphatic rings. The Morgan fingerprint density at radius 1 is 1.29 bits per heavy atom. The maximum Gasteiger partial charge on any atom is 0.243 e. The number of nitrogens with zero attached hydrogens (tertiary/aromatic N) is 1. The third kappa shape index (κ3) is 2.55. The first-order valence-electron chi connectivity index (χ1n) is 5.77. The molecule has 0 aliphatic heterocycles. The van der Waals surface area contributed by atoms with Crippen LogP contribution in [0.3, 0.4) is 0 Å². The molecule has 0 saturated heterocycles. The van der Waals surface area contributed by atoms with E-state index < -0.39 is 10.0 Å². The van der Waals surface area contributed by atoms with Crippen LogP contribution in [0.5, 0.6) is 5.88 Å². The molecular formula is C10H16N2O3S2. The van der Waals surface area contributed by atoms with Crippen LogP contribution in [0.4, 0.5) is 0 Å². The highest BCUT2D eigenvalue weighted by molar-refractivity contribution is 7.90. The number of imidazole rings is 1. The number of aromatic amines is 1. The van der Waals surface area contributed by atoms with Crippen molar-refractivity contribution in [3.63, 3.8) is 0 Å². The third-order valence-corrected chi connectivity index (χ3v) is 5.74. The van der Waals surface area contributed by atoms with E-state index in [4.69, 9.17) is 12.2 Å². The Bertz CT molecular complexity index is 536. The first-order valence-corrected chi connectivity index (χ1v) is 7.68. The van der Waals surface area contributed by atoms with E-state index in [2.05, 4.69) is 4.98 Å². The van der Waals surface area contributed by atoms with E-state index in [1.807, 2.05) is 0 Å². The van der Waals surface area contributed by atoms with Crippen molar-refractivity contribution < 1.29 is 13.5 Å². The molecule has 96 valence electrons. The Hall–Kier alpha value is -0.820. The molecule has 17 heavy (non-hydrogen) atoms. The Morgan fingerprint density at radius 3 is 2.35 bits per heavy atom. The summed E-state index contributed by atoms with van der Waals surface area (Å²) < 4.78 is 25.7. The Labute approximate surface area is 106 Å². The fraction of sp³-hybridized carbons (Fsp3) is 0.700. The normalized spacial score (nSPS) is 19.1. The summed E-state index contributed by atoms with van der Waals surface area (Å²) in [5, 5.41) is 8.86. The van der Waals surface area contributed by atoms with Crippen molar-refractivity contribution in [3.8, 4) is 5.88 Å². The molecule has 2 N–H and O–H groups in total. The Morgan fingerprint density at radius 2 is 1.88 bits per heavy atom. The van der Waals surface area contributed by atoms with E-state index in [0.717, 1.165) is 35.9 Å². The van der Waals surface area contributed by atoms with Crippen LogP contribution in [0.15, 0.2) is 6.20 Å². The number of nitrogens with one attached hydrogen (secondary N) is 1. The molecular weight excluding hydrogens is 260 g/mol. The van der Waals surface area contributed by atoms with Crippen LogP contribution >= 0.6 is 12.2 Å². The molecule has 2 rings (SSSR count). The Kier molecular flexibility index (Phi) is 3.58. The van der Waals surface area contributed by atoms with E-state index in [0.29, 0.717) is 12.8 Å². The van der Waals surface area contributed by atoms with Crippen molar-refractivity contribution in [2.45, 2.75) is 43.8 Å². The second kappa shape index (κ2) is 4.81. The first-order chi connectivity index (χ1) is 8.01. The molecule has 0 unspecified atom stereocenters. The molecule has 7 heteroatoms. The van der Waals surface area contributed by atoms with Crippen LogP contribution in [-0.2, 0) is 10.0 Å². The molecule has 1 aromatic rings. The molecule has 0 radical (unpaired) electrons. The zero-order chi connectivity index (χ0) is 12.5. The van der Waals surface area contributed by atoms with Gasteiger partial charge in [-0.25, -0.2) is 12.4 Å². The zero-order valence-corrected chi connectivity index (χ0v) is 11.1. The van der Waals surface area contributed by atoms with E-state index in [1.165, 1.54) is 0 Å². The molecule has 1 aliphatic carbocycles. The molecule has 1 heterocycles. The minimum absolute atomic E-state index is 0.0340. The number of hydrogen-bond acceptors (Lipinski definition) is 4. The van der Waals surface area contributed by atoms with Gasteiger partial charge in [-0.15, -0.1) is 0 Å². The van der Waals surface area contributed by atoms with Gasteiger partial charge in [0.2, 0.25) is 15.9 Å². The third-order valence-electron chi connectivity index (χ3n) is 3.17. The molecule has 1 aromatic heterocycles. The summed E-state index contributed by atoms with van der Waals surface area (Å²) in [4.78, 5) is 2.42. The van der Waals surface area contributed by atoms with Crippen molar-refractivity contribution >= 4 is 22.2 Å². The summed E-state index contributed by atoms with van der Waals surface area (Å²) in [5.41, 5.74) is 0. The molecule has 0 spiro atoms. The highest BCUT2D eigenvalue weighted by atomic mass is 32.2. The zero-order valence-electron chi connectivity index (χ0n) is 9.42. The van der Waals surface area contributed by atoms with Gasteiger partial charge in [0, 0.05) is 0 Å². The van der Waals surface area contributed by atoms with Crippen LogP contribution < -0.4 is 0 Å². The molecule has 1 fully saturated rings. The number of aromatic hydroxyl groups is 1. The van der Waals surface area contributed by atoms with Gasteiger partial charge in [-0.05, 0) is 25.1 Å². The van der Waals surface area contributed by atoms with Gasteiger partial charge in [-0.1, -0.05) is 25.7 Å². The lowest BCUT2D eigenvalue weighted by Gasteiger charge is -2.15. The van der Waals surface area contributed by atoms with E-state index in [1.54, 1.807) is 0 Å². The Balaban J connectivity index is 2.35. The van der Waals surface area contributed by atoms with E-state index >= 15 is 0 Å². The van der Waals surface area contributed by atoms with Gasteiger partial charge in [0.25, 0.3) is 0 Å². The highest BCUT2D eigenvalue weighted by Gasteiger charge is 2.28. The number of hydrogen-bond donors (Lipinski definition) is 2. The van der Waals surface area contributed by atoms with E-state index in [9.17, 15) is 13.5 Å². The molecule has 1 saturated carbocycles. The fourth-order valence-electron chi connectivity index (χ4n) is 2.26. The van der Waals surface area contributed by atoms with Gasteiger partial charge in [0.1, 0.15) is 0 Å². The van der Waals surface area contributed by atoms with Gasteiger partial charge < -0.3 is 10.1 Å². The van der Waals surface area contributed by atoms with Crippen molar-refractivity contribution in [2.75, 3.05) is 0 Å². The van der Waals surface area contributed by atoms with Crippen molar-refractivity contribution in [3.05, 3.63) is 11.0 Å². The summed E-state index contributed by atoms with van der Waals surface area (Å²) in [6.45, 7) is 0. The topological polar surface area (TPSA) is 75.1 Å². The van der Waals surface area contributed by atoms with Gasteiger partial charge in [0.15, 0.2) is 4.77 Å². The molecule has 0 bridgehead atoms. The maximum atomic E-state index is 12.3. The van der Waals surface area contributed by atoms with Crippen molar-refractivity contribution in [1.82, 2.24) is 8.96 Å². The van der Waals surface area contributed by atoms with E-state index in [-0.39, 0.29) is 15.9 Å². The summed E-state index contributed by atoms with van der Waals surface area (Å²) in [7, 11) is -3.47. The van der Waals surface area contributed by atoms with Gasteiger partial charge in [-0.3, -0.25) is 0 Å². The lowest BCUT2D eigenvalue weighted by molar-refractivity contribution is 0.456. The number of aromatic nitrogens is 2. The highest BCUT2D eigenvalue weighted by Crippen LogP contribution is 2.25. The lowest BCUT2D eigenvalue weighted by atomic mass is 10.2. The van der Waals surface area contributed by atoms with Crippen molar-refractivity contribution in [1.29, 1.82) is 0 Å².